The molecule has 1 N–H and O–H groups in total. The molecule has 1 nitrogen and oxygen atoms in total. The highest BCUT2D eigenvalue weighted by atomic mass is 32.1. The van der Waals surface area contributed by atoms with E-state index >= 15 is 0 Å². The molecule has 0 saturated carbocycles. The van der Waals surface area contributed by atoms with E-state index < -0.39 is 0 Å². The van der Waals surface area contributed by atoms with Crippen molar-refractivity contribution in [2.45, 2.75) is 45.1 Å². The van der Waals surface area contributed by atoms with Gasteiger partial charge < -0.3 is 5.11 Å². The minimum absolute atomic E-state index is 0.180. The summed E-state index contributed by atoms with van der Waals surface area (Å²) in [6, 6.07) is 0. The predicted octanol–water partition coefficient (Wildman–Crippen LogP) is 2.25. The molecule has 62 valence electrons. The maximum atomic E-state index is 9.08. The number of aliphatic hydroxyl groups is 1. The molecule has 0 bridgehead atoms. The van der Waals surface area contributed by atoms with E-state index in [-0.39, 0.29) is 6.10 Å². The third-order valence-electron chi connectivity index (χ3n) is 1.60. The minimum atomic E-state index is -0.180. The average Bonchev–Trinajstić information content (AvgIpc) is 1.98. The molecule has 0 rings (SSSR count). The first-order valence-corrected chi connectivity index (χ1v) is 4.73. The van der Waals surface area contributed by atoms with E-state index in [0.717, 1.165) is 12.8 Å². The van der Waals surface area contributed by atoms with Crippen LogP contribution in [0.5, 0.6) is 0 Å². The van der Waals surface area contributed by atoms with Crippen LogP contribution in [0.2, 0.25) is 0 Å². The smallest absolute Gasteiger partial charge is 0.0628 e. The molecule has 0 spiro atoms. The van der Waals surface area contributed by atoms with E-state index in [1.54, 1.807) is 0 Å². The van der Waals surface area contributed by atoms with Crippen LogP contribution in [-0.2, 0) is 0 Å². The molecular formula is C8H18OS. The highest BCUT2D eigenvalue weighted by Crippen LogP contribution is 2.05. The topological polar surface area (TPSA) is 20.2 Å². The SMILES string of the molecule is CCCCCCC(O)CS. The second kappa shape index (κ2) is 7.42. The average molecular weight is 162 g/mol. The lowest BCUT2D eigenvalue weighted by Crippen LogP contribution is -2.07. The van der Waals surface area contributed by atoms with Crippen molar-refractivity contribution < 1.29 is 5.11 Å². The van der Waals surface area contributed by atoms with Crippen molar-refractivity contribution in [3.8, 4) is 0 Å². The molecule has 2 heteroatoms. The summed E-state index contributed by atoms with van der Waals surface area (Å²) in [5.41, 5.74) is 0. The van der Waals surface area contributed by atoms with Gasteiger partial charge in [0.2, 0.25) is 0 Å². The van der Waals surface area contributed by atoms with Crippen LogP contribution in [0.4, 0.5) is 0 Å². The third-order valence-corrected chi connectivity index (χ3v) is 2.02. The maximum Gasteiger partial charge on any atom is 0.0628 e. The molecule has 0 aromatic rings. The molecular weight excluding hydrogens is 144 g/mol. The zero-order valence-corrected chi connectivity index (χ0v) is 7.61. The molecule has 0 aliphatic heterocycles. The largest absolute Gasteiger partial charge is 0.392 e. The van der Waals surface area contributed by atoms with Gasteiger partial charge in [0, 0.05) is 5.75 Å². The van der Waals surface area contributed by atoms with Crippen LogP contribution in [0.1, 0.15) is 39.0 Å². The van der Waals surface area contributed by atoms with Crippen LogP contribution >= 0.6 is 12.6 Å². The lowest BCUT2D eigenvalue weighted by molar-refractivity contribution is 0.185. The third kappa shape index (κ3) is 6.43. The fourth-order valence-electron chi connectivity index (χ4n) is 0.898. The summed E-state index contributed by atoms with van der Waals surface area (Å²) in [4.78, 5) is 0. The van der Waals surface area contributed by atoms with Gasteiger partial charge in [0.15, 0.2) is 0 Å². The van der Waals surface area contributed by atoms with Crippen LogP contribution in [0.25, 0.3) is 0 Å². The Labute approximate surface area is 69.2 Å². The fraction of sp³-hybridized carbons (Fsp3) is 1.00. The highest BCUT2D eigenvalue weighted by molar-refractivity contribution is 7.80. The summed E-state index contributed by atoms with van der Waals surface area (Å²) >= 11 is 3.99. The zero-order chi connectivity index (χ0) is 7.82. The van der Waals surface area contributed by atoms with Crippen LogP contribution < -0.4 is 0 Å². The van der Waals surface area contributed by atoms with E-state index in [1.165, 1.54) is 19.3 Å². The van der Waals surface area contributed by atoms with Crippen molar-refractivity contribution in [2.24, 2.45) is 0 Å². The van der Waals surface area contributed by atoms with Gasteiger partial charge in [-0.05, 0) is 6.42 Å². The summed E-state index contributed by atoms with van der Waals surface area (Å²) < 4.78 is 0. The minimum Gasteiger partial charge on any atom is -0.392 e. The summed E-state index contributed by atoms with van der Waals surface area (Å²) in [5.74, 6) is 0.603. The Morgan fingerprint density at radius 3 is 2.50 bits per heavy atom. The van der Waals surface area contributed by atoms with Gasteiger partial charge in [-0.1, -0.05) is 32.6 Å². The van der Waals surface area contributed by atoms with E-state index in [0.29, 0.717) is 5.75 Å². The summed E-state index contributed by atoms with van der Waals surface area (Å²) in [5, 5.41) is 9.08. The molecule has 1 atom stereocenters. The quantitative estimate of drug-likeness (QED) is 0.453. The van der Waals surface area contributed by atoms with Gasteiger partial charge >= 0.3 is 0 Å². The van der Waals surface area contributed by atoms with Crippen LogP contribution in [0.15, 0.2) is 0 Å². The standard InChI is InChI=1S/C8H18OS/c1-2-3-4-5-6-8(9)7-10/h8-10H,2-7H2,1H3. The zero-order valence-electron chi connectivity index (χ0n) is 6.71. The maximum absolute atomic E-state index is 9.08. The van der Waals surface area contributed by atoms with E-state index in [1.807, 2.05) is 0 Å². The Bertz CT molecular complexity index is 66.3. The molecule has 0 amide bonds. The first-order chi connectivity index (χ1) is 4.81. The van der Waals surface area contributed by atoms with Crippen LogP contribution in [0.3, 0.4) is 0 Å². The van der Waals surface area contributed by atoms with Gasteiger partial charge in [-0.25, -0.2) is 0 Å². The van der Waals surface area contributed by atoms with Crippen molar-refractivity contribution in [3.05, 3.63) is 0 Å². The second-order valence-electron chi connectivity index (χ2n) is 2.69. The highest BCUT2D eigenvalue weighted by Gasteiger charge is 1.98. The van der Waals surface area contributed by atoms with Crippen molar-refractivity contribution in [3.63, 3.8) is 0 Å². The Morgan fingerprint density at radius 2 is 2.00 bits per heavy atom. The number of thiol groups is 1. The first kappa shape index (κ1) is 10.3. The number of rotatable bonds is 6. The van der Waals surface area contributed by atoms with Gasteiger partial charge in [-0.3, -0.25) is 0 Å². The van der Waals surface area contributed by atoms with Gasteiger partial charge in [0.1, 0.15) is 0 Å². The van der Waals surface area contributed by atoms with Crippen molar-refractivity contribution >= 4 is 12.6 Å². The lowest BCUT2D eigenvalue weighted by atomic mass is 10.1. The van der Waals surface area contributed by atoms with Crippen molar-refractivity contribution in [2.75, 3.05) is 5.75 Å². The molecule has 0 radical (unpaired) electrons. The van der Waals surface area contributed by atoms with Gasteiger partial charge in [-0.15, -0.1) is 0 Å². The molecule has 0 aromatic carbocycles. The van der Waals surface area contributed by atoms with Gasteiger partial charge in [0.25, 0.3) is 0 Å². The lowest BCUT2D eigenvalue weighted by Gasteiger charge is -2.05. The normalized spacial score (nSPS) is 13.5. The molecule has 0 aliphatic rings. The van der Waals surface area contributed by atoms with Crippen molar-refractivity contribution in [1.29, 1.82) is 0 Å². The molecule has 0 saturated heterocycles. The second-order valence-corrected chi connectivity index (χ2v) is 3.05. The van der Waals surface area contributed by atoms with E-state index in [2.05, 4.69) is 19.6 Å². The molecule has 0 heterocycles. The summed E-state index contributed by atoms with van der Waals surface area (Å²) in [6.45, 7) is 2.19. The molecule has 0 aromatic heterocycles. The Hall–Kier alpha value is 0.310. The Kier molecular flexibility index (Phi) is 7.65. The van der Waals surface area contributed by atoms with E-state index in [4.69, 9.17) is 5.11 Å². The molecule has 1 unspecified atom stereocenters. The molecule has 0 aliphatic carbocycles. The van der Waals surface area contributed by atoms with Crippen molar-refractivity contribution in [1.82, 2.24) is 0 Å². The fourth-order valence-corrected chi connectivity index (χ4v) is 1.08. The Balaban J connectivity index is 2.89. The van der Waals surface area contributed by atoms with Gasteiger partial charge in [0.05, 0.1) is 6.10 Å². The van der Waals surface area contributed by atoms with E-state index in [9.17, 15) is 0 Å². The monoisotopic (exact) mass is 162 g/mol. The number of hydrogen-bond donors (Lipinski definition) is 2. The summed E-state index contributed by atoms with van der Waals surface area (Å²) in [6.07, 6.45) is 5.69. The Morgan fingerprint density at radius 1 is 1.30 bits per heavy atom. The predicted molar refractivity (Wildman–Crippen MR) is 48.6 cm³/mol. The first-order valence-electron chi connectivity index (χ1n) is 4.10. The molecule has 0 fully saturated rings. The van der Waals surface area contributed by atoms with Gasteiger partial charge in [-0.2, -0.15) is 12.6 Å². The number of hydrogen-bond acceptors (Lipinski definition) is 2. The summed E-state index contributed by atoms with van der Waals surface area (Å²) in [7, 11) is 0. The van der Waals surface area contributed by atoms with Crippen LogP contribution in [-0.4, -0.2) is 17.0 Å². The number of aliphatic hydroxyl groups excluding tert-OH is 1. The molecule has 10 heavy (non-hydrogen) atoms. The van der Waals surface area contributed by atoms with Crippen LogP contribution in [0, 0.1) is 0 Å². The number of unbranched alkanes of at least 4 members (excludes halogenated alkanes) is 3.